The molecule has 1 saturated carbocycles. The van der Waals surface area contributed by atoms with Crippen LogP contribution in [0.2, 0.25) is 0 Å². The Bertz CT molecular complexity index is 796. The van der Waals surface area contributed by atoms with Crippen LogP contribution in [-0.2, 0) is 4.79 Å². The highest BCUT2D eigenvalue weighted by atomic mass is 32.2. The maximum Gasteiger partial charge on any atom is 0.252 e. The van der Waals surface area contributed by atoms with Crippen molar-refractivity contribution in [1.29, 1.82) is 0 Å². The minimum absolute atomic E-state index is 0.110. The highest BCUT2D eigenvalue weighted by Crippen LogP contribution is 2.29. The molecule has 0 spiro atoms. The number of likely N-dealkylation sites (N-methyl/N-ethyl adjacent to an activating group) is 1. The summed E-state index contributed by atoms with van der Waals surface area (Å²) in [7, 11) is 1.62. The molecule has 0 saturated heterocycles. The van der Waals surface area contributed by atoms with Gasteiger partial charge in [0.2, 0.25) is 5.91 Å². The lowest BCUT2D eigenvalue weighted by Crippen LogP contribution is -2.59. The molecule has 1 aromatic carbocycles. The van der Waals surface area contributed by atoms with E-state index in [-0.39, 0.29) is 11.8 Å². The Hall–Kier alpha value is -2.28. The number of thioether (sulfide) groups is 1. The van der Waals surface area contributed by atoms with E-state index < -0.39 is 5.54 Å². The van der Waals surface area contributed by atoms with Crippen molar-refractivity contribution in [3.05, 3.63) is 42.2 Å². The second-order valence-electron chi connectivity index (χ2n) is 6.51. The maximum absolute atomic E-state index is 12.9. The van der Waals surface area contributed by atoms with E-state index in [9.17, 15) is 9.59 Å². The fourth-order valence-electron chi connectivity index (χ4n) is 3.53. The third-order valence-electron chi connectivity index (χ3n) is 4.90. The van der Waals surface area contributed by atoms with Crippen molar-refractivity contribution in [1.82, 2.24) is 20.2 Å². The van der Waals surface area contributed by atoms with Crippen LogP contribution in [0.1, 0.15) is 42.5 Å². The zero-order valence-electron chi connectivity index (χ0n) is 15.1. The van der Waals surface area contributed by atoms with Gasteiger partial charge in [-0.2, -0.15) is 0 Å². The highest BCUT2D eigenvalue weighted by Gasteiger charge is 2.40. The molecule has 1 aromatic heterocycles. The molecule has 6 nitrogen and oxygen atoms in total. The number of amides is 2. The van der Waals surface area contributed by atoms with Crippen molar-refractivity contribution in [2.24, 2.45) is 0 Å². The molecule has 2 amide bonds. The van der Waals surface area contributed by atoms with Gasteiger partial charge in [0.25, 0.3) is 5.91 Å². The van der Waals surface area contributed by atoms with Gasteiger partial charge in [0.1, 0.15) is 5.54 Å². The number of aromatic nitrogens is 2. The third kappa shape index (κ3) is 3.62. The quantitative estimate of drug-likeness (QED) is 0.792. The van der Waals surface area contributed by atoms with Gasteiger partial charge in [-0.15, -0.1) is 0 Å². The van der Waals surface area contributed by atoms with Crippen molar-refractivity contribution < 1.29 is 9.59 Å². The first-order valence-corrected chi connectivity index (χ1v) is 10.0. The Morgan fingerprint density at radius 2 is 2.00 bits per heavy atom. The number of imidazole rings is 1. The molecule has 1 aliphatic carbocycles. The van der Waals surface area contributed by atoms with Gasteiger partial charge in [-0.05, 0) is 37.3 Å². The Morgan fingerprint density at radius 3 is 2.69 bits per heavy atom. The molecule has 26 heavy (non-hydrogen) atoms. The van der Waals surface area contributed by atoms with E-state index in [1.807, 2.05) is 35.2 Å². The van der Waals surface area contributed by atoms with Crippen molar-refractivity contribution in [2.45, 2.75) is 42.8 Å². The summed E-state index contributed by atoms with van der Waals surface area (Å²) in [6.07, 6.45) is 9.91. The van der Waals surface area contributed by atoms with Crippen LogP contribution in [-0.4, -0.2) is 40.2 Å². The van der Waals surface area contributed by atoms with E-state index in [1.165, 1.54) is 0 Å². The third-order valence-corrected chi connectivity index (χ3v) is 5.56. The van der Waals surface area contributed by atoms with Gasteiger partial charge in [0.05, 0.1) is 0 Å². The summed E-state index contributed by atoms with van der Waals surface area (Å²) in [6, 6.07) is 7.39. The van der Waals surface area contributed by atoms with Gasteiger partial charge in [-0.25, -0.2) is 4.98 Å². The SMILES string of the molecule is CNC(=O)C1(NC(=O)c2cccc(-n3ccnc3SC)c2)CCCCC1. The maximum atomic E-state index is 12.9. The first kappa shape index (κ1) is 18.5. The zero-order chi connectivity index (χ0) is 18.6. The molecule has 2 aromatic rings. The summed E-state index contributed by atoms with van der Waals surface area (Å²) in [5.74, 6) is -0.329. The lowest BCUT2D eigenvalue weighted by atomic mass is 9.80. The van der Waals surface area contributed by atoms with Gasteiger partial charge in [0.15, 0.2) is 5.16 Å². The number of carbonyl (C=O) groups excluding carboxylic acids is 2. The minimum atomic E-state index is -0.806. The fraction of sp³-hybridized carbons (Fsp3) is 0.421. The number of carbonyl (C=O) groups is 2. The molecule has 0 bridgehead atoms. The van der Waals surface area contributed by atoms with Gasteiger partial charge >= 0.3 is 0 Å². The monoisotopic (exact) mass is 372 g/mol. The number of nitrogens with zero attached hydrogens (tertiary/aromatic N) is 2. The molecule has 3 rings (SSSR count). The Kier molecular flexibility index (Phi) is 5.66. The van der Waals surface area contributed by atoms with Crippen LogP contribution in [0.25, 0.3) is 5.69 Å². The van der Waals surface area contributed by atoms with Gasteiger partial charge in [-0.1, -0.05) is 37.1 Å². The average Bonchev–Trinajstić information content (AvgIpc) is 3.17. The van der Waals surface area contributed by atoms with Gasteiger partial charge in [-0.3, -0.25) is 14.2 Å². The van der Waals surface area contributed by atoms with Crippen LogP contribution in [0.15, 0.2) is 41.8 Å². The Balaban J connectivity index is 1.85. The van der Waals surface area contributed by atoms with E-state index in [1.54, 1.807) is 31.1 Å². The number of hydrogen-bond acceptors (Lipinski definition) is 4. The summed E-state index contributed by atoms with van der Waals surface area (Å²) < 4.78 is 1.94. The van der Waals surface area contributed by atoms with Crippen LogP contribution < -0.4 is 10.6 Å². The number of rotatable bonds is 5. The number of benzene rings is 1. The molecule has 1 fully saturated rings. The lowest BCUT2D eigenvalue weighted by molar-refractivity contribution is -0.128. The standard InChI is InChI=1S/C19H24N4O2S/c1-20-17(25)19(9-4-3-5-10-19)22-16(24)14-7-6-8-15(13-14)23-12-11-21-18(23)26-2/h6-8,11-13H,3-5,9-10H2,1-2H3,(H,20,25)(H,22,24). The highest BCUT2D eigenvalue weighted by molar-refractivity contribution is 7.98. The summed E-state index contributed by atoms with van der Waals surface area (Å²) in [5.41, 5.74) is 0.605. The van der Waals surface area contributed by atoms with Gasteiger partial charge in [0, 0.05) is 30.7 Å². The van der Waals surface area contributed by atoms with Crippen LogP contribution in [0.3, 0.4) is 0 Å². The molecule has 0 aliphatic heterocycles. The predicted octanol–water partition coefficient (Wildman–Crippen LogP) is 2.77. The Labute approximate surface area is 157 Å². The Morgan fingerprint density at radius 1 is 1.23 bits per heavy atom. The molecule has 1 aliphatic rings. The summed E-state index contributed by atoms with van der Waals surface area (Å²) in [4.78, 5) is 29.6. The first-order chi connectivity index (χ1) is 12.6. The largest absolute Gasteiger partial charge is 0.357 e. The van der Waals surface area contributed by atoms with Crippen molar-refractivity contribution in [3.8, 4) is 5.69 Å². The normalized spacial score (nSPS) is 16.1. The molecular weight excluding hydrogens is 348 g/mol. The van der Waals surface area contributed by atoms with E-state index in [0.29, 0.717) is 18.4 Å². The number of nitrogens with one attached hydrogen (secondary N) is 2. The molecule has 0 unspecified atom stereocenters. The zero-order valence-corrected chi connectivity index (χ0v) is 15.9. The van der Waals surface area contributed by atoms with Gasteiger partial charge < -0.3 is 10.6 Å². The first-order valence-electron chi connectivity index (χ1n) is 8.82. The minimum Gasteiger partial charge on any atom is -0.357 e. The van der Waals surface area contributed by atoms with Crippen LogP contribution in [0.5, 0.6) is 0 Å². The van der Waals surface area contributed by atoms with E-state index in [2.05, 4.69) is 15.6 Å². The van der Waals surface area contributed by atoms with E-state index in [0.717, 1.165) is 30.1 Å². The van der Waals surface area contributed by atoms with Crippen LogP contribution in [0.4, 0.5) is 0 Å². The van der Waals surface area contributed by atoms with Crippen LogP contribution in [0, 0.1) is 0 Å². The molecule has 138 valence electrons. The topological polar surface area (TPSA) is 76.0 Å². The average molecular weight is 372 g/mol. The van der Waals surface area contributed by atoms with Crippen molar-refractivity contribution >= 4 is 23.6 Å². The lowest BCUT2D eigenvalue weighted by Gasteiger charge is -2.36. The van der Waals surface area contributed by atoms with Crippen molar-refractivity contribution in [3.63, 3.8) is 0 Å². The molecule has 0 radical (unpaired) electrons. The second kappa shape index (κ2) is 7.95. The summed E-state index contributed by atoms with van der Waals surface area (Å²) in [5, 5.41) is 6.59. The van der Waals surface area contributed by atoms with E-state index >= 15 is 0 Å². The molecule has 7 heteroatoms. The molecule has 1 heterocycles. The molecular formula is C19H24N4O2S. The smallest absolute Gasteiger partial charge is 0.252 e. The molecule has 2 N–H and O–H groups in total. The summed E-state index contributed by atoms with van der Waals surface area (Å²) in [6.45, 7) is 0. The van der Waals surface area contributed by atoms with E-state index in [4.69, 9.17) is 0 Å². The van der Waals surface area contributed by atoms with Crippen LogP contribution >= 0.6 is 11.8 Å². The fourth-order valence-corrected chi connectivity index (χ4v) is 4.06. The number of hydrogen-bond donors (Lipinski definition) is 2. The van der Waals surface area contributed by atoms with Crippen molar-refractivity contribution in [2.75, 3.05) is 13.3 Å². The second-order valence-corrected chi connectivity index (χ2v) is 7.28. The molecule has 0 atom stereocenters. The predicted molar refractivity (Wildman–Crippen MR) is 103 cm³/mol. The summed E-state index contributed by atoms with van der Waals surface area (Å²) >= 11 is 1.54.